The Labute approximate surface area is 542 Å². The van der Waals surface area contributed by atoms with Crippen LogP contribution < -0.4 is 22.1 Å². The number of carbonyl (C=O) groups excluding carboxylic acids is 4. The summed E-state index contributed by atoms with van der Waals surface area (Å²) >= 11 is 0. The van der Waals surface area contributed by atoms with E-state index in [2.05, 4.69) is 160 Å². The standard InChI is InChI=1S/C84H92N4O4/c1-5-9-13-17-21-35-55(36-22-18-14-10-6-2)87-83(91)71-51-69(75-65-43-29-33-53-31-27-41-61(73(53)65)63-47-49-67(81(85)89)77(71)79(63)75)59-45-46-60(58-40-26-25-39-57(58)59)70-52-72(84(92)88-56(37-23-19-15-11-7-3)38-24-20-16-12-8-4)78-68(82(86)90)50-48-64-62-42-28-32-54-34-30-44-66(74(54)62)76(70)80(64)78/h25-34,39-52,55-56H,5-24,35-38H2,1-4H3,(H2,85,89)(H2,86,90)(H,87,91)(H,88,92). The molecular weight excluding hydrogens is 1130 g/mol. The first kappa shape index (κ1) is 63.5. The first-order chi connectivity index (χ1) is 45.1. The van der Waals surface area contributed by atoms with E-state index in [0.29, 0.717) is 33.0 Å². The van der Waals surface area contributed by atoms with E-state index >= 15 is 9.59 Å². The zero-order valence-electron chi connectivity index (χ0n) is 54.8. The monoisotopic (exact) mass is 1220 g/mol. The number of amides is 4. The molecule has 6 N–H and O–H groups in total. The van der Waals surface area contributed by atoms with Crippen molar-refractivity contribution in [1.82, 2.24) is 10.6 Å². The molecule has 0 radical (unpaired) electrons. The van der Waals surface area contributed by atoms with Crippen LogP contribution in [0.25, 0.3) is 119 Å². The summed E-state index contributed by atoms with van der Waals surface area (Å²) in [5, 5.41) is 24.2. The van der Waals surface area contributed by atoms with Gasteiger partial charge in [0.1, 0.15) is 0 Å². The minimum absolute atomic E-state index is 0.0454. The molecule has 0 heterocycles. The van der Waals surface area contributed by atoms with Gasteiger partial charge in [0.2, 0.25) is 11.8 Å². The Morgan fingerprint density at radius 2 is 0.609 bits per heavy atom. The van der Waals surface area contributed by atoms with Crippen LogP contribution in [0.5, 0.6) is 0 Å². The number of hydrogen-bond acceptors (Lipinski definition) is 4. The van der Waals surface area contributed by atoms with Gasteiger partial charge in [0, 0.05) is 45.1 Å². The molecule has 12 rings (SSSR count). The highest BCUT2D eigenvalue weighted by Gasteiger charge is 2.30. The summed E-state index contributed by atoms with van der Waals surface area (Å²) in [7, 11) is 0. The second-order valence-corrected chi connectivity index (χ2v) is 26.5. The molecule has 4 amide bonds. The number of fused-ring (bicyclic) bond motifs is 5. The minimum Gasteiger partial charge on any atom is -0.366 e. The molecule has 0 saturated heterocycles. The Kier molecular flexibility index (Phi) is 20.0. The maximum atomic E-state index is 15.8. The predicted octanol–water partition coefficient (Wildman–Crippen LogP) is 22.1. The van der Waals surface area contributed by atoms with E-state index in [9.17, 15) is 9.59 Å². The summed E-state index contributed by atoms with van der Waals surface area (Å²) in [6, 6.07) is 50.3. The number of primary amides is 2. The molecule has 12 aromatic carbocycles. The van der Waals surface area contributed by atoms with E-state index in [-0.39, 0.29) is 23.9 Å². The Morgan fingerprint density at radius 1 is 0.293 bits per heavy atom. The summed E-state index contributed by atoms with van der Waals surface area (Å²) in [6.07, 6.45) is 26.3. The number of carbonyl (C=O) groups is 4. The van der Waals surface area contributed by atoms with Crippen molar-refractivity contribution in [2.75, 3.05) is 0 Å². The first-order valence-electron chi connectivity index (χ1n) is 35.1. The van der Waals surface area contributed by atoms with Crippen LogP contribution in [0.2, 0.25) is 0 Å². The van der Waals surface area contributed by atoms with Gasteiger partial charge in [-0.05, 0) is 158 Å². The smallest absolute Gasteiger partial charge is 0.252 e. The number of hydrogen-bond donors (Lipinski definition) is 4. The first-order valence-corrected chi connectivity index (χ1v) is 35.1. The van der Waals surface area contributed by atoms with Gasteiger partial charge in [-0.25, -0.2) is 0 Å². The molecule has 472 valence electrons. The van der Waals surface area contributed by atoms with Gasteiger partial charge in [0.15, 0.2) is 0 Å². The average Bonchev–Trinajstić information content (AvgIpc) is 0.707. The van der Waals surface area contributed by atoms with Crippen LogP contribution in [0.4, 0.5) is 0 Å². The molecule has 12 aromatic rings. The van der Waals surface area contributed by atoms with E-state index in [1.807, 2.05) is 24.3 Å². The fourth-order valence-electron chi connectivity index (χ4n) is 15.7. The lowest BCUT2D eigenvalue weighted by atomic mass is 9.80. The summed E-state index contributed by atoms with van der Waals surface area (Å²) in [5.74, 6) is -1.59. The highest BCUT2D eigenvalue weighted by Crippen LogP contribution is 2.51. The van der Waals surface area contributed by atoms with Gasteiger partial charge in [-0.2, -0.15) is 0 Å². The van der Waals surface area contributed by atoms with Crippen molar-refractivity contribution >= 4 is 121 Å². The van der Waals surface area contributed by atoms with Gasteiger partial charge in [-0.1, -0.05) is 277 Å². The molecule has 0 fully saturated rings. The number of rotatable bonds is 32. The molecule has 0 aliphatic carbocycles. The zero-order valence-corrected chi connectivity index (χ0v) is 54.8. The predicted molar refractivity (Wildman–Crippen MR) is 390 cm³/mol. The molecule has 0 atom stereocenters. The fraction of sp³-hybridized carbons (Fsp3) is 0.357. The van der Waals surface area contributed by atoms with Crippen molar-refractivity contribution < 1.29 is 19.2 Å². The second-order valence-electron chi connectivity index (χ2n) is 26.5. The van der Waals surface area contributed by atoms with Crippen LogP contribution in [0.3, 0.4) is 0 Å². The van der Waals surface area contributed by atoms with Gasteiger partial charge in [-0.15, -0.1) is 0 Å². The molecular formula is C84H92N4O4. The van der Waals surface area contributed by atoms with Crippen LogP contribution in [0.1, 0.15) is 223 Å². The lowest BCUT2D eigenvalue weighted by molar-refractivity contribution is 0.0924. The lowest BCUT2D eigenvalue weighted by Crippen LogP contribution is -2.35. The normalized spacial score (nSPS) is 12.1. The summed E-state index contributed by atoms with van der Waals surface area (Å²) in [5.41, 5.74) is 17.9. The molecule has 0 aliphatic heterocycles. The maximum absolute atomic E-state index is 15.8. The number of unbranched alkanes of at least 4 members (excludes halogenated alkanes) is 16. The van der Waals surface area contributed by atoms with Gasteiger partial charge in [0.25, 0.3) is 11.8 Å². The van der Waals surface area contributed by atoms with Crippen molar-refractivity contribution in [2.24, 2.45) is 11.5 Å². The quantitative estimate of drug-likeness (QED) is 0.0189. The molecule has 0 spiro atoms. The molecule has 0 aromatic heterocycles. The van der Waals surface area contributed by atoms with E-state index in [1.54, 1.807) is 0 Å². The van der Waals surface area contributed by atoms with Crippen molar-refractivity contribution in [2.45, 2.75) is 194 Å². The van der Waals surface area contributed by atoms with Crippen molar-refractivity contribution in [3.63, 3.8) is 0 Å². The van der Waals surface area contributed by atoms with Crippen LogP contribution in [0, 0.1) is 0 Å². The van der Waals surface area contributed by atoms with Crippen LogP contribution in [-0.2, 0) is 0 Å². The third kappa shape index (κ3) is 12.5. The molecule has 8 nitrogen and oxygen atoms in total. The molecule has 0 saturated carbocycles. The largest absolute Gasteiger partial charge is 0.366 e. The number of nitrogens with two attached hydrogens (primary N) is 2. The lowest BCUT2D eigenvalue weighted by Gasteiger charge is -2.25. The summed E-state index contributed by atoms with van der Waals surface area (Å²) < 4.78 is 0. The van der Waals surface area contributed by atoms with Crippen molar-refractivity contribution in [3.8, 4) is 22.3 Å². The maximum Gasteiger partial charge on any atom is 0.252 e. The van der Waals surface area contributed by atoms with Gasteiger partial charge >= 0.3 is 0 Å². The highest BCUT2D eigenvalue weighted by molar-refractivity contribution is 6.41. The van der Waals surface area contributed by atoms with Gasteiger partial charge in [-0.3, -0.25) is 19.2 Å². The van der Waals surface area contributed by atoms with E-state index < -0.39 is 11.8 Å². The third-order valence-electron chi connectivity index (χ3n) is 20.3. The second kappa shape index (κ2) is 28.9. The average molecular weight is 1220 g/mol. The highest BCUT2D eigenvalue weighted by atomic mass is 16.2. The van der Waals surface area contributed by atoms with Crippen LogP contribution >= 0.6 is 0 Å². The number of nitrogens with one attached hydrogen (secondary N) is 2. The topological polar surface area (TPSA) is 144 Å². The molecule has 92 heavy (non-hydrogen) atoms. The fourth-order valence-corrected chi connectivity index (χ4v) is 15.7. The third-order valence-corrected chi connectivity index (χ3v) is 20.3. The summed E-state index contributed by atoms with van der Waals surface area (Å²) in [6.45, 7) is 8.96. The van der Waals surface area contributed by atoms with Crippen LogP contribution in [-0.4, -0.2) is 35.7 Å². The van der Waals surface area contributed by atoms with Crippen LogP contribution in [0.15, 0.2) is 146 Å². The Morgan fingerprint density at radius 3 is 0.946 bits per heavy atom. The SMILES string of the molecule is CCCCCCCC(CCCCCCC)NC(=O)c1cc(-c2ccc(-c3cc(C(=O)NC(CCCCCCC)CCCCCCC)c4c(C(N)=O)ccc5c6cccc7cccc(c3c45)c76)c3ccccc23)c2c3cccc4cccc(c5ccc(C(N)=O)c1c52)c43. The molecule has 8 heteroatoms. The molecule has 0 bridgehead atoms. The van der Waals surface area contributed by atoms with Gasteiger partial charge < -0.3 is 22.1 Å². The Bertz CT molecular complexity index is 4340. The van der Waals surface area contributed by atoms with Gasteiger partial charge in [0.05, 0.1) is 0 Å². The van der Waals surface area contributed by atoms with E-state index in [1.165, 1.54) is 77.0 Å². The minimum atomic E-state index is -0.586. The van der Waals surface area contributed by atoms with Crippen molar-refractivity contribution in [3.05, 3.63) is 168 Å². The Balaban J connectivity index is 1.10. The van der Waals surface area contributed by atoms with Crippen molar-refractivity contribution in [1.29, 1.82) is 0 Å². The molecule has 0 aliphatic rings. The van der Waals surface area contributed by atoms with E-state index in [4.69, 9.17) is 11.5 Å². The Hall–Kier alpha value is -8.62. The zero-order chi connectivity index (χ0) is 63.8. The summed E-state index contributed by atoms with van der Waals surface area (Å²) in [4.78, 5) is 59.6. The molecule has 0 unspecified atom stereocenters. The van der Waals surface area contributed by atoms with E-state index in [0.717, 1.165) is 185 Å². The number of benzene rings is 12.